The zero-order valence-corrected chi connectivity index (χ0v) is 31.1. The van der Waals surface area contributed by atoms with Crippen molar-refractivity contribution in [3.63, 3.8) is 0 Å². The zero-order valence-electron chi connectivity index (χ0n) is 31.1. The lowest BCUT2D eigenvalue weighted by Crippen LogP contribution is -2.28. The molecule has 1 unspecified atom stereocenters. The quantitative estimate of drug-likeness (QED) is 0.186. The third-order valence-electron chi connectivity index (χ3n) is 11.4. The number of carbonyl (C=O) groups is 1. The van der Waals surface area contributed by atoms with Gasteiger partial charge in [-0.05, 0) is 88.2 Å². The minimum absolute atomic E-state index is 0.245. The summed E-state index contributed by atoms with van der Waals surface area (Å²) >= 11 is 0. The molecular formula is C52H38N2O2. The van der Waals surface area contributed by atoms with Gasteiger partial charge in [0.1, 0.15) is 0 Å². The first-order valence-corrected chi connectivity index (χ1v) is 19.1. The number of aryl methyl sites for hydroxylation is 2. The van der Waals surface area contributed by atoms with Crippen LogP contribution >= 0.6 is 0 Å². The van der Waals surface area contributed by atoms with Crippen LogP contribution < -0.4 is 4.90 Å². The van der Waals surface area contributed by atoms with Crippen LogP contribution in [0.25, 0.3) is 72.0 Å². The molecule has 0 spiro atoms. The van der Waals surface area contributed by atoms with Crippen molar-refractivity contribution in [1.29, 1.82) is 0 Å². The number of carbonyl (C=O) groups excluding carboxylic acids is 1. The summed E-state index contributed by atoms with van der Waals surface area (Å²) in [5, 5.41) is 14.5. The lowest BCUT2D eigenvalue weighted by molar-refractivity contribution is 0.0935. The monoisotopic (exact) mass is 722 g/mol. The largest absolute Gasteiger partial charge is 0.369 e. The highest BCUT2D eigenvalue weighted by atomic mass is 16.3. The van der Waals surface area contributed by atoms with Gasteiger partial charge in [0, 0.05) is 21.9 Å². The molecule has 56 heavy (non-hydrogen) atoms. The molecule has 268 valence electrons. The van der Waals surface area contributed by atoms with Gasteiger partial charge >= 0.3 is 0 Å². The van der Waals surface area contributed by atoms with Crippen molar-refractivity contribution in [2.75, 3.05) is 4.90 Å². The highest BCUT2D eigenvalue weighted by Gasteiger charge is 2.40. The van der Waals surface area contributed by atoms with Gasteiger partial charge in [0.2, 0.25) is 0 Å². The highest BCUT2D eigenvalue weighted by Crippen LogP contribution is 2.47. The van der Waals surface area contributed by atoms with E-state index in [1.165, 1.54) is 11.1 Å². The Kier molecular flexibility index (Phi) is 8.02. The minimum Gasteiger partial charge on any atom is -0.369 e. The van der Waals surface area contributed by atoms with Crippen LogP contribution in [-0.2, 0) is 0 Å². The average molecular weight is 723 g/mol. The van der Waals surface area contributed by atoms with Gasteiger partial charge in [-0.2, -0.15) is 0 Å². The molecule has 0 bridgehead atoms. The van der Waals surface area contributed by atoms with E-state index >= 15 is 4.79 Å². The minimum atomic E-state index is -1.19. The molecule has 8 aromatic carbocycles. The van der Waals surface area contributed by atoms with Crippen molar-refractivity contribution >= 4 is 33.4 Å². The van der Waals surface area contributed by atoms with Gasteiger partial charge in [0.05, 0.1) is 28.0 Å². The van der Waals surface area contributed by atoms with Gasteiger partial charge in [-0.15, -0.1) is 0 Å². The van der Waals surface area contributed by atoms with Gasteiger partial charge in [-0.3, -0.25) is 9.69 Å². The second-order valence-corrected chi connectivity index (χ2v) is 14.7. The van der Waals surface area contributed by atoms with Crippen molar-refractivity contribution in [1.82, 2.24) is 4.57 Å². The summed E-state index contributed by atoms with van der Waals surface area (Å²) in [5.41, 5.74) is 15.2. The number of nitrogens with zero attached hydrogens (tertiary/aromatic N) is 2. The summed E-state index contributed by atoms with van der Waals surface area (Å²) in [6.45, 7) is 4.28. The molecule has 1 N–H and O–H groups in total. The van der Waals surface area contributed by atoms with E-state index in [0.717, 1.165) is 72.0 Å². The van der Waals surface area contributed by atoms with Crippen molar-refractivity contribution < 1.29 is 9.90 Å². The maximum absolute atomic E-state index is 15.2. The number of benzene rings is 8. The van der Waals surface area contributed by atoms with E-state index in [1.807, 2.05) is 66.7 Å². The van der Waals surface area contributed by atoms with Gasteiger partial charge in [0.25, 0.3) is 5.91 Å². The third kappa shape index (κ3) is 5.30. The molecule has 0 aliphatic carbocycles. The molecule has 1 aromatic heterocycles. The van der Waals surface area contributed by atoms with Gasteiger partial charge < -0.3 is 9.67 Å². The Morgan fingerprint density at radius 1 is 0.446 bits per heavy atom. The van der Waals surface area contributed by atoms with Crippen LogP contribution in [0.3, 0.4) is 0 Å². The molecule has 0 fully saturated rings. The Balaban J connectivity index is 1.22. The number of fused-ring (bicyclic) bond motifs is 4. The number of anilines is 1. The van der Waals surface area contributed by atoms with Crippen LogP contribution in [0.4, 0.5) is 5.69 Å². The van der Waals surface area contributed by atoms with E-state index in [1.54, 1.807) is 4.90 Å². The lowest BCUT2D eigenvalue weighted by atomic mass is 9.92. The number of aliphatic hydroxyl groups excluding tert-OH is 1. The number of amides is 1. The normalized spacial score (nSPS) is 13.8. The van der Waals surface area contributed by atoms with Crippen LogP contribution in [0.2, 0.25) is 0 Å². The molecule has 1 atom stereocenters. The Morgan fingerprint density at radius 2 is 0.946 bits per heavy atom. The van der Waals surface area contributed by atoms with Gasteiger partial charge in [-0.25, -0.2) is 0 Å². The van der Waals surface area contributed by atoms with Crippen molar-refractivity contribution in [2.45, 2.75) is 20.1 Å². The van der Waals surface area contributed by atoms with E-state index in [2.05, 4.69) is 134 Å². The number of aliphatic hydroxyl groups is 1. The topological polar surface area (TPSA) is 45.5 Å². The molecule has 0 saturated heterocycles. The predicted molar refractivity (Wildman–Crippen MR) is 230 cm³/mol. The summed E-state index contributed by atoms with van der Waals surface area (Å²) in [4.78, 5) is 16.8. The Hall–Kier alpha value is -7.01. The van der Waals surface area contributed by atoms with Crippen LogP contribution in [0.15, 0.2) is 182 Å². The smallest absolute Gasteiger partial charge is 0.263 e. The van der Waals surface area contributed by atoms with E-state index < -0.39 is 6.23 Å². The fourth-order valence-electron chi connectivity index (χ4n) is 8.72. The number of hydrogen-bond donors (Lipinski definition) is 1. The zero-order chi connectivity index (χ0) is 37.9. The fourth-order valence-corrected chi connectivity index (χ4v) is 8.72. The second-order valence-electron chi connectivity index (χ2n) is 14.7. The molecule has 1 aliphatic heterocycles. The first kappa shape index (κ1) is 33.6. The Morgan fingerprint density at radius 3 is 1.54 bits per heavy atom. The van der Waals surface area contributed by atoms with Crippen molar-refractivity contribution in [3.8, 4) is 50.2 Å². The third-order valence-corrected chi connectivity index (χ3v) is 11.4. The SMILES string of the molecule is Cc1ccccc1-c1ccc2c3ccc(-c4ccccc4C)cc3n(-c3cccc4c3C(=O)N(c3cccc(-c5ccccc5)c3-c3ccccc3)C4O)c2c1. The van der Waals surface area contributed by atoms with Gasteiger partial charge in [0.15, 0.2) is 6.23 Å². The number of hydrogen-bond acceptors (Lipinski definition) is 2. The summed E-state index contributed by atoms with van der Waals surface area (Å²) in [6, 6.07) is 62.4. The molecule has 1 aliphatic rings. The van der Waals surface area contributed by atoms with Crippen LogP contribution in [0, 0.1) is 13.8 Å². The van der Waals surface area contributed by atoms with Crippen molar-refractivity contribution in [2.24, 2.45) is 0 Å². The maximum Gasteiger partial charge on any atom is 0.263 e. The molecule has 9 aromatic rings. The summed E-state index contributed by atoms with van der Waals surface area (Å²) in [5.74, 6) is -0.245. The Bertz CT molecular complexity index is 2880. The second kappa shape index (κ2) is 13.4. The molecule has 4 nitrogen and oxygen atoms in total. The van der Waals surface area contributed by atoms with E-state index in [0.29, 0.717) is 16.8 Å². The lowest BCUT2D eigenvalue weighted by Gasteiger charge is -2.26. The molecule has 1 amide bonds. The Labute approximate surface area is 326 Å². The number of aromatic nitrogens is 1. The van der Waals surface area contributed by atoms with Crippen LogP contribution in [0.5, 0.6) is 0 Å². The van der Waals surface area contributed by atoms with Crippen LogP contribution in [-0.4, -0.2) is 15.6 Å². The fraction of sp³-hybridized carbons (Fsp3) is 0.0577. The summed E-state index contributed by atoms with van der Waals surface area (Å²) in [7, 11) is 0. The molecule has 4 heteroatoms. The first-order valence-electron chi connectivity index (χ1n) is 19.1. The predicted octanol–water partition coefficient (Wildman–Crippen LogP) is 12.7. The highest BCUT2D eigenvalue weighted by molar-refractivity contribution is 6.17. The van der Waals surface area contributed by atoms with Crippen molar-refractivity contribution in [3.05, 3.63) is 204 Å². The standard InChI is InChI=1S/C52H38N2O2/c1-33-15-9-11-21-39(33)37-27-29-42-43-30-28-38(40-22-12-10-16-34(40)2)32-48(43)53(47(42)31-37)46-26-14-24-44-50(46)52(56)54(51(44)55)45-25-13-23-41(35-17-5-3-6-18-35)49(45)36-19-7-4-8-20-36/h3-32,51,55H,1-2H3. The van der Waals surface area contributed by atoms with E-state index in [4.69, 9.17) is 0 Å². The van der Waals surface area contributed by atoms with Gasteiger partial charge in [-0.1, -0.05) is 158 Å². The van der Waals surface area contributed by atoms with Crippen LogP contribution in [0.1, 0.15) is 33.3 Å². The summed E-state index contributed by atoms with van der Waals surface area (Å²) < 4.78 is 2.24. The molecule has 0 radical (unpaired) electrons. The molecule has 2 heterocycles. The average Bonchev–Trinajstić information content (AvgIpc) is 3.70. The number of rotatable bonds is 6. The molecular weight excluding hydrogens is 685 g/mol. The van der Waals surface area contributed by atoms with E-state index in [9.17, 15) is 5.11 Å². The van der Waals surface area contributed by atoms with E-state index in [-0.39, 0.29) is 5.91 Å². The molecule has 0 saturated carbocycles. The summed E-state index contributed by atoms with van der Waals surface area (Å²) in [6.07, 6.45) is -1.19. The first-order chi connectivity index (χ1) is 27.5. The maximum atomic E-state index is 15.2. The molecule has 10 rings (SSSR count).